The lowest BCUT2D eigenvalue weighted by Crippen LogP contribution is -2.49. The standard InChI is InChI=1S/C23H25N3O4/c1-4-5-10-21(27)25-15(2)22(28)26-16(3)23(29)30-14-18-12-11-17-8-6-7-9-19(17)20(18)13-24/h4-9,11-12,15-16H,10,14H2,1-3H3,(H,25,27)(H,26,28)/b5-4+/t15-,16-/m0/s1. The van der Waals surface area contributed by atoms with E-state index in [0.717, 1.165) is 10.8 Å². The number of ether oxygens (including phenoxy) is 1. The van der Waals surface area contributed by atoms with Gasteiger partial charge in [0, 0.05) is 12.0 Å². The van der Waals surface area contributed by atoms with Gasteiger partial charge in [0.25, 0.3) is 0 Å². The molecular weight excluding hydrogens is 382 g/mol. The molecule has 30 heavy (non-hydrogen) atoms. The van der Waals surface area contributed by atoms with Crippen LogP contribution in [-0.4, -0.2) is 29.9 Å². The highest BCUT2D eigenvalue weighted by molar-refractivity contribution is 5.91. The van der Waals surface area contributed by atoms with Crippen LogP contribution in [0.3, 0.4) is 0 Å². The summed E-state index contributed by atoms with van der Waals surface area (Å²) in [6.07, 6.45) is 3.61. The third kappa shape index (κ3) is 5.92. The Morgan fingerprint density at radius 2 is 1.83 bits per heavy atom. The van der Waals surface area contributed by atoms with Gasteiger partial charge < -0.3 is 15.4 Å². The summed E-state index contributed by atoms with van der Waals surface area (Å²) in [5.41, 5.74) is 1.04. The molecule has 0 radical (unpaired) electrons. The maximum absolute atomic E-state index is 12.3. The molecule has 156 valence electrons. The molecule has 2 amide bonds. The molecule has 2 rings (SSSR count). The zero-order valence-electron chi connectivity index (χ0n) is 17.3. The molecule has 0 saturated heterocycles. The normalized spacial score (nSPS) is 12.7. The first kappa shape index (κ1) is 22.6. The zero-order valence-corrected chi connectivity index (χ0v) is 17.3. The Balaban J connectivity index is 1.93. The van der Waals surface area contributed by atoms with Gasteiger partial charge in [0.2, 0.25) is 11.8 Å². The number of nitrogens with one attached hydrogen (secondary N) is 2. The average molecular weight is 407 g/mol. The van der Waals surface area contributed by atoms with Gasteiger partial charge in [-0.1, -0.05) is 48.6 Å². The number of benzene rings is 2. The molecule has 0 spiro atoms. The van der Waals surface area contributed by atoms with Crippen molar-refractivity contribution >= 4 is 28.6 Å². The summed E-state index contributed by atoms with van der Waals surface area (Å²) in [5, 5.41) is 16.3. The fourth-order valence-electron chi connectivity index (χ4n) is 2.83. The molecular formula is C23H25N3O4. The molecule has 0 aliphatic carbocycles. The molecule has 2 aromatic rings. The van der Waals surface area contributed by atoms with Gasteiger partial charge in [-0.15, -0.1) is 0 Å². The topological polar surface area (TPSA) is 108 Å². The van der Waals surface area contributed by atoms with Crippen LogP contribution in [0, 0.1) is 11.3 Å². The Bertz CT molecular complexity index is 1010. The molecule has 2 aromatic carbocycles. The monoisotopic (exact) mass is 407 g/mol. The predicted molar refractivity (Wildman–Crippen MR) is 113 cm³/mol. The minimum Gasteiger partial charge on any atom is -0.459 e. The number of nitrogens with zero attached hydrogens (tertiary/aromatic N) is 1. The van der Waals surface area contributed by atoms with Crippen LogP contribution in [0.2, 0.25) is 0 Å². The van der Waals surface area contributed by atoms with Gasteiger partial charge in [0.15, 0.2) is 0 Å². The predicted octanol–water partition coefficient (Wildman–Crippen LogP) is 2.73. The molecule has 0 aliphatic rings. The summed E-state index contributed by atoms with van der Waals surface area (Å²) < 4.78 is 5.29. The third-order valence-corrected chi connectivity index (χ3v) is 4.52. The number of amides is 2. The summed E-state index contributed by atoms with van der Waals surface area (Å²) in [4.78, 5) is 36.2. The van der Waals surface area contributed by atoms with Crippen LogP contribution in [0.25, 0.3) is 10.8 Å². The molecule has 0 aliphatic heterocycles. The Morgan fingerprint density at radius 1 is 1.10 bits per heavy atom. The van der Waals surface area contributed by atoms with E-state index in [0.29, 0.717) is 11.1 Å². The second-order valence-electron chi connectivity index (χ2n) is 6.83. The second kappa shape index (κ2) is 10.8. The van der Waals surface area contributed by atoms with Crippen LogP contribution in [0.4, 0.5) is 0 Å². The van der Waals surface area contributed by atoms with Crippen molar-refractivity contribution in [2.75, 3.05) is 0 Å². The first-order chi connectivity index (χ1) is 14.4. The molecule has 0 heterocycles. The summed E-state index contributed by atoms with van der Waals surface area (Å²) in [6, 6.07) is 11.6. The maximum Gasteiger partial charge on any atom is 0.328 e. The van der Waals surface area contributed by atoms with E-state index in [1.807, 2.05) is 30.3 Å². The van der Waals surface area contributed by atoms with Crippen LogP contribution in [0.5, 0.6) is 0 Å². The Morgan fingerprint density at radius 3 is 2.53 bits per heavy atom. The maximum atomic E-state index is 12.3. The van der Waals surface area contributed by atoms with E-state index < -0.39 is 24.0 Å². The van der Waals surface area contributed by atoms with Gasteiger partial charge in [-0.25, -0.2) is 4.79 Å². The lowest BCUT2D eigenvalue weighted by Gasteiger charge is -2.18. The second-order valence-corrected chi connectivity index (χ2v) is 6.83. The highest BCUT2D eigenvalue weighted by Gasteiger charge is 2.22. The largest absolute Gasteiger partial charge is 0.459 e. The number of esters is 1. The van der Waals surface area contributed by atoms with Crippen LogP contribution >= 0.6 is 0 Å². The molecule has 0 unspecified atom stereocenters. The van der Waals surface area contributed by atoms with Crippen LogP contribution < -0.4 is 10.6 Å². The van der Waals surface area contributed by atoms with Crippen molar-refractivity contribution < 1.29 is 19.1 Å². The fraction of sp³-hybridized carbons (Fsp3) is 0.304. The fourth-order valence-corrected chi connectivity index (χ4v) is 2.83. The molecule has 7 heteroatoms. The van der Waals surface area contributed by atoms with Gasteiger partial charge in [0.1, 0.15) is 24.8 Å². The van der Waals surface area contributed by atoms with Crippen molar-refractivity contribution in [2.24, 2.45) is 0 Å². The van der Waals surface area contributed by atoms with Crippen molar-refractivity contribution in [1.82, 2.24) is 10.6 Å². The number of hydrogen-bond acceptors (Lipinski definition) is 5. The van der Waals surface area contributed by atoms with E-state index in [4.69, 9.17) is 4.74 Å². The van der Waals surface area contributed by atoms with E-state index >= 15 is 0 Å². The highest BCUT2D eigenvalue weighted by Crippen LogP contribution is 2.22. The summed E-state index contributed by atoms with van der Waals surface area (Å²) >= 11 is 0. The minimum absolute atomic E-state index is 0.0809. The van der Waals surface area contributed by atoms with Crippen molar-refractivity contribution in [3.05, 3.63) is 59.7 Å². The van der Waals surface area contributed by atoms with Gasteiger partial charge >= 0.3 is 5.97 Å². The number of carbonyl (C=O) groups is 3. The van der Waals surface area contributed by atoms with E-state index in [-0.39, 0.29) is 18.9 Å². The van der Waals surface area contributed by atoms with Gasteiger partial charge in [0.05, 0.1) is 5.56 Å². The van der Waals surface area contributed by atoms with Crippen LogP contribution in [-0.2, 0) is 25.7 Å². The third-order valence-electron chi connectivity index (χ3n) is 4.52. The van der Waals surface area contributed by atoms with Crippen LogP contribution in [0.15, 0.2) is 48.6 Å². The Kier molecular flexibility index (Phi) is 8.12. The SMILES string of the molecule is C/C=C/CC(=O)N[C@@H](C)C(=O)N[C@@H](C)C(=O)OCc1ccc2ccccc2c1C#N. The first-order valence-corrected chi connectivity index (χ1v) is 9.65. The minimum atomic E-state index is -0.904. The number of rotatable bonds is 8. The molecule has 0 bridgehead atoms. The summed E-state index contributed by atoms with van der Waals surface area (Å²) in [5.74, 6) is -1.41. The lowest BCUT2D eigenvalue weighted by atomic mass is 10.0. The molecule has 2 N–H and O–H groups in total. The van der Waals surface area contributed by atoms with Crippen molar-refractivity contribution in [2.45, 2.75) is 45.9 Å². The molecule has 0 aromatic heterocycles. The molecule has 2 atom stereocenters. The van der Waals surface area contributed by atoms with E-state index in [2.05, 4.69) is 16.7 Å². The number of nitriles is 1. The van der Waals surface area contributed by atoms with Crippen LogP contribution in [0.1, 0.15) is 38.3 Å². The van der Waals surface area contributed by atoms with Crippen molar-refractivity contribution in [3.63, 3.8) is 0 Å². The van der Waals surface area contributed by atoms with Crippen molar-refractivity contribution in [1.29, 1.82) is 5.26 Å². The van der Waals surface area contributed by atoms with Gasteiger partial charge in [-0.2, -0.15) is 5.26 Å². The number of allylic oxidation sites excluding steroid dienone is 1. The van der Waals surface area contributed by atoms with E-state index in [9.17, 15) is 19.6 Å². The highest BCUT2D eigenvalue weighted by atomic mass is 16.5. The van der Waals surface area contributed by atoms with Gasteiger partial charge in [-0.05, 0) is 31.5 Å². The molecule has 7 nitrogen and oxygen atoms in total. The van der Waals surface area contributed by atoms with E-state index in [1.165, 1.54) is 13.8 Å². The smallest absolute Gasteiger partial charge is 0.328 e. The first-order valence-electron chi connectivity index (χ1n) is 9.65. The molecule has 0 fully saturated rings. The number of fused-ring (bicyclic) bond motifs is 1. The van der Waals surface area contributed by atoms with Crippen molar-refractivity contribution in [3.8, 4) is 6.07 Å². The number of carbonyl (C=O) groups excluding carboxylic acids is 3. The Labute approximate surface area is 175 Å². The summed E-state index contributed by atoms with van der Waals surface area (Å²) in [7, 11) is 0. The van der Waals surface area contributed by atoms with E-state index in [1.54, 1.807) is 25.1 Å². The molecule has 0 saturated carbocycles. The Hall–Kier alpha value is -3.66. The quantitative estimate of drug-likeness (QED) is 0.517. The summed E-state index contributed by atoms with van der Waals surface area (Å²) in [6.45, 7) is 4.76. The zero-order chi connectivity index (χ0) is 22.1. The van der Waals surface area contributed by atoms with Gasteiger partial charge in [-0.3, -0.25) is 9.59 Å². The number of hydrogen-bond donors (Lipinski definition) is 2. The lowest BCUT2D eigenvalue weighted by molar-refractivity contribution is -0.148. The average Bonchev–Trinajstić information content (AvgIpc) is 2.75.